The van der Waals surface area contributed by atoms with Crippen LogP contribution in [0.5, 0.6) is 5.75 Å². The molecule has 1 aromatic heterocycles. The molecule has 0 radical (unpaired) electrons. The minimum Gasteiger partial charge on any atom is -0.493 e. The van der Waals surface area contributed by atoms with E-state index in [1.54, 1.807) is 0 Å². The van der Waals surface area contributed by atoms with Crippen molar-refractivity contribution in [2.24, 2.45) is 0 Å². The van der Waals surface area contributed by atoms with Gasteiger partial charge in [-0.2, -0.15) is 4.98 Å². The Morgan fingerprint density at radius 2 is 2.38 bits per heavy atom. The van der Waals surface area contributed by atoms with Crippen molar-refractivity contribution in [2.75, 3.05) is 26.4 Å². The smallest absolute Gasteiger partial charge is 0.230 e. The van der Waals surface area contributed by atoms with Gasteiger partial charge in [-0.25, -0.2) is 0 Å². The quantitative estimate of drug-likeness (QED) is 0.903. The van der Waals surface area contributed by atoms with E-state index in [2.05, 4.69) is 15.5 Å². The molecule has 1 aliphatic rings. The first-order chi connectivity index (χ1) is 10.3. The lowest BCUT2D eigenvalue weighted by atomic mass is 10.2. The van der Waals surface area contributed by atoms with E-state index < -0.39 is 0 Å². The van der Waals surface area contributed by atoms with Crippen LogP contribution in [0.1, 0.15) is 23.3 Å². The van der Waals surface area contributed by atoms with E-state index in [-0.39, 0.29) is 6.04 Å². The Bertz CT molecular complexity index is 579. The molecular weight excluding hydrogens is 270 g/mol. The summed E-state index contributed by atoms with van der Waals surface area (Å²) < 4.78 is 16.3. The van der Waals surface area contributed by atoms with Crippen LogP contribution in [0.4, 0.5) is 0 Å². The van der Waals surface area contributed by atoms with E-state index in [4.69, 9.17) is 14.0 Å². The van der Waals surface area contributed by atoms with Gasteiger partial charge in [0.05, 0.1) is 32.3 Å². The normalized spacial score (nSPS) is 18.6. The molecule has 1 aliphatic heterocycles. The largest absolute Gasteiger partial charge is 0.493 e. The summed E-state index contributed by atoms with van der Waals surface area (Å²) in [6, 6.07) is 7.98. The molecule has 0 aliphatic carbocycles. The van der Waals surface area contributed by atoms with Crippen LogP contribution in [0.3, 0.4) is 0 Å². The first-order valence-electron chi connectivity index (χ1n) is 7.14. The van der Waals surface area contributed by atoms with Crippen LogP contribution in [-0.2, 0) is 11.2 Å². The molecule has 0 saturated carbocycles. The summed E-state index contributed by atoms with van der Waals surface area (Å²) in [7, 11) is 0. The van der Waals surface area contributed by atoms with Crippen LogP contribution < -0.4 is 10.1 Å². The Labute approximate surface area is 123 Å². The van der Waals surface area contributed by atoms with Gasteiger partial charge in [0.15, 0.2) is 5.82 Å². The highest BCUT2D eigenvalue weighted by Crippen LogP contribution is 2.14. The zero-order valence-corrected chi connectivity index (χ0v) is 12.0. The molecule has 6 nitrogen and oxygen atoms in total. The summed E-state index contributed by atoms with van der Waals surface area (Å²) in [5.41, 5.74) is 1.18. The fourth-order valence-corrected chi connectivity index (χ4v) is 2.20. The second kappa shape index (κ2) is 6.69. The van der Waals surface area contributed by atoms with Gasteiger partial charge < -0.3 is 19.3 Å². The van der Waals surface area contributed by atoms with Gasteiger partial charge in [0, 0.05) is 6.54 Å². The van der Waals surface area contributed by atoms with Crippen LogP contribution in [0.2, 0.25) is 0 Å². The summed E-state index contributed by atoms with van der Waals surface area (Å²) in [5, 5.41) is 7.29. The van der Waals surface area contributed by atoms with Crippen LogP contribution in [-0.4, -0.2) is 36.5 Å². The maximum Gasteiger partial charge on any atom is 0.230 e. The van der Waals surface area contributed by atoms with Crippen LogP contribution in [0.15, 0.2) is 28.8 Å². The van der Waals surface area contributed by atoms with Crippen molar-refractivity contribution in [2.45, 2.75) is 19.4 Å². The lowest BCUT2D eigenvalue weighted by Crippen LogP contribution is -2.35. The third-order valence-electron chi connectivity index (χ3n) is 3.29. The summed E-state index contributed by atoms with van der Waals surface area (Å²) in [6.45, 7) is 4.67. The minimum atomic E-state index is 0.0222. The summed E-state index contributed by atoms with van der Waals surface area (Å²) >= 11 is 0. The van der Waals surface area contributed by atoms with E-state index in [9.17, 15) is 0 Å². The molecule has 1 unspecified atom stereocenters. The molecule has 112 valence electrons. The number of nitrogens with one attached hydrogen (secondary N) is 1. The van der Waals surface area contributed by atoms with Crippen molar-refractivity contribution < 1.29 is 14.0 Å². The first-order valence-corrected chi connectivity index (χ1v) is 7.14. The predicted octanol–water partition coefficient (Wildman–Crippen LogP) is 1.66. The molecule has 6 heteroatoms. The van der Waals surface area contributed by atoms with Crippen LogP contribution >= 0.6 is 0 Å². The van der Waals surface area contributed by atoms with Gasteiger partial charge in [0.1, 0.15) is 5.75 Å². The maximum absolute atomic E-state index is 5.68. The summed E-state index contributed by atoms with van der Waals surface area (Å²) in [6.07, 6.45) is 0.592. The van der Waals surface area contributed by atoms with Gasteiger partial charge in [0.2, 0.25) is 5.89 Å². The Morgan fingerprint density at radius 1 is 1.43 bits per heavy atom. The van der Waals surface area contributed by atoms with E-state index in [0.29, 0.717) is 31.3 Å². The molecule has 0 spiro atoms. The van der Waals surface area contributed by atoms with Gasteiger partial charge in [-0.05, 0) is 24.6 Å². The number of nitrogens with zero attached hydrogens (tertiary/aromatic N) is 2. The monoisotopic (exact) mass is 289 g/mol. The Kier molecular flexibility index (Phi) is 4.47. The molecule has 1 fully saturated rings. The predicted molar refractivity (Wildman–Crippen MR) is 76.2 cm³/mol. The van der Waals surface area contributed by atoms with Gasteiger partial charge in [-0.15, -0.1) is 0 Å². The molecule has 1 saturated heterocycles. The maximum atomic E-state index is 5.68. The number of hydrogen-bond donors (Lipinski definition) is 1. The van der Waals surface area contributed by atoms with Gasteiger partial charge >= 0.3 is 0 Å². The van der Waals surface area contributed by atoms with Gasteiger partial charge in [-0.3, -0.25) is 0 Å². The highest BCUT2D eigenvalue weighted by molar-refractivity contribution is 5.27. The van der Waals surface area contributed by atoms with Gasteiger partial charge in [0.25, 0.3) is 0 Å². The van der Waals surface area contributed by atoms with Crippen molar-refractivity contribution in [3.05, 3.63) is 41.5 Å². The fraction of sp³-hybridized carbons (Fsp3) is 0.467. The Hall–Kier alpha value is -1.92. The average Bonchev–Trinajstić information content (AvgIpc) is 2.97. The standard InChI is InChI=1S/C15H19N3O3/c1-11-3-2-4-12(9-11)20-7-5-14-17-15(18-21-14)13-10-19-8-6-16-13/h2-4,9,13,16H,5-8,10H2,1H3. The molecule has 2 aromatic rings. The van der Waals surface area contributed by atoms with Crippen LogP contribution in [0, 0.1) is 6.92 Å². The number of aromatic nitrogens is 2. The Morgan fingerprint density at radius 3 is 3.19 bits per heavy atom. The SMILES string of the molecule is Cc1cccc(OCCc2nc(C3COCCN3)no2)c1. The van der Waals surface area contributed by atoms with E-state index in [1.807, 2.05) is 31.2 Å². The summed E-state index contributed by atoms with van der Waals surface area (Å²) in [4.78, 5) is 4.38. The van der Waals surface area contributed by atoms with Crippen LogP contribution in [0.25, 0.3) is 0 Å². The van der Waals surface area contributed by atoms with Gasteiger partial charge in [-0.1, -0.05) is 17.3 Å². The molecule has 3 rings (SSSR count). The zero-order chi connectivity index (χ0) is 14.5. The highest BCUT2D eigenvalue weighted by atomic mass is 16.5. The van der Waals surface area contributed by atoms with E-state index in [1.165, 1.54) is 5.56 Å². The highest BCUT2D eigenvalue weighted by Gasteiger charge is 2.20. The minimum absolute atomic E-state index is 0.0222. The van der Waals surface area contributed by atoms with Crippen molar-refractivity contribution >= 4 is 0 Å². The fourth-order valence-electron chi connectivity index (χ4n) is 2.20. The number of morpholine rings is 1. The van der Waals surface area contributed by atoms with E-state index >= 15 is 0 Å². The molecule has 1 N–H and O–H groups in total. The second-order valence-electron chi connectivity index (χ2n) is 5.04. The van der Waals surface area contributed by atoms with E-state index in [0.717, 1.165) is 18.9 Å². The number of rotatable bonds is 5. The molecule has 1 atom stereocenters. The average molecular weight is 289 g/mol. The van der Waals surface area contributed by atoms with Crippen molar-refractivity contribution in [3.63, 3.8) is 0 Å². The third-order valence-corrected chi connectivity index (χ3v) is 3.29. The molecule has 0 bridgehead atoms. The summed E-state index contributed by atoms with van der Waals surface area (Å²) in [5.74, 6) is 2.10. The van der Waals surface area contributed by atoms with Crippen molar-refractivity contribution in [1.82, 2.24) is 15.5 Å². The number of hydrogen-bond acceptors (Lipinski definition) is 6. The molecule has 1 aromatic carbocycles. The third kappa shape index (κ3) is 3.80. The number of ether oxygens (including phenoxy) is 2. The molecule has 0 amide bonds. The molecule has 21 heavy (non-hydrogen) atoms. The Balaban J connectivity index is 1.50. The lowest BCUT2D eigenvalue weighted by molar-refractivity contribution is 0.0734. The first kappa shape index (κ1) is 14.0. The number of benzene rings is 1. The topological polar surface area (TPSA) is 69.4 Å². The second-order valence-corrected chi connectivity index (χ2v) is 5.04. The van der Waals surface area contributed by atoms with Crippen molar-refractivity contribution in [3.8, 4) is 5.75 Å². The number of aryl methyl sites for hydroxylation is 1. The molecular formula is C15H19N3O3. The van der Waals surface area contributed by atoms with Crippen molar-refractivity contribution in [1.29, 1.82) is 0 Å². The zero-order valence-electron chi connectivity index (χ0n) is 12.0. The lowest BCUT2D eigenvalue weighted by Gasteiger charge is -2.20. The molecule has 2 heterocycles.